The van der Waals surface area contributed by atoms with Gasteiger partial charge in [-0.3, -0.25) is 0 Å². The zero-order valence-corrected chi connectivity index (χ0v) is 9.12. The third-order valence-electron chi connectivity index (χ3n) is 4.11. The SMILES string of the molecule is NC1CC2(C1)CC(O)(c1ccc(F)cc1)C2. The molecule has 3 rings (SSSR count). The first-order valence-corrected chi connectivity index (χ1v) is 5.76. The van der Waals surface area contributed by atoms with Gasteiger partial charge >= 0.3 is 0 Å². The van der Waals surface area contributed by atoms with Crippen molar-refractivity contribution in [3.63, 3.8) is 0 Å². The van der Waals surface area contributed by atoms with E-state index in [4.69, 9.17) is 5.73 Å². The molecule has 0 bridgehead atoms. The smallest absolute Gasteiger partial charge is 0.123 e. The van der Waals surface area contributed by atoms with E-state index in [9.17, 15) is 9.50 Å². The summed E-state index contributed by atoms with van der Waals surface area (Å²) in [7, 11) is 0. The van der Waals surface area contributed by atoms with Crippen LogP contribution in [-0.4, -0.2) is 11.1 Å². The fourth-order valence-corrected chi connectivity index (χ4v) is 3.49. The van der Waals surface area contributed by atoms with Crippen LogP contribution in [0.4, 0.5) is 4.39 Å². The highest BCUT2D eigenvalue weighted by Gasteiger charge is 2.59. The van der Waals surface area contributed by atoms with Crippen molar-refractivity contribution in [2.75, 3.05) is 0 Å². The molecular weight excluding hydrogens is 205 g/mol. The molecule has 1 aromatic carbocycles. The lowest BCUT2D eigenvalue weighted by molar-refractivity contribution is -0.174. The van der Waals surface area contributed by atoms with Crippen molar-refractivity contribution in [3.05, 3.63) is 35.6 Å². The van der Waals surface area contributed by atoms with Crippen LogP contribution in [0.25, 0.3) is 0 Å². The van der Waals surface area contributed by atoms with Crippen LogP contribution in [0.2, 0.25) is 0 Å². The molecule has 0 unspecified atom stereocenters. The predicted octanol–water partition coefficient (Wildman–Crippen LogP) is 1.91. The Morgan fingerprint density at radius 1 is 1.19 bits per heavy atom. The lowest BCUT2D eigenvalue weighted by atomic mass is 9.47. The zero-order valence-electron chi connectivity index (χ0n) is 9.12. The summed E-state index contributed by atoms with van der Waals surface area (Å²) in [6.07, 6.45) is 3.60. The summed E-state index contributed by atoms with van der Waals surface area (Å²) in [5.41, 5.74) is 6.15. The molecule has 0 atom stereocenters. The topological polar surface area (TPSA) is 46.2 Å². The highest BCUT2D eigenvalue weighted by atomic mass is 19.1. The van der Waals surface area contributed by atoms with Gasteiger partial charge in [-0.25, -0.2) is 4.39 Å². The fourth-order valence-electron chi connectivity index (χ4n) is 3.49. The molecule has 2 aliphatic carbocycles. The predicted molar refractivity (Wildman–Crippen MR) is 59.2 cm³/mol. The number of nitrogens with two attached hydrogens (primary N) is 1. The Morgan fingerprint density at radius 3 is 2.25 bits per heavy atom. The largest absolute Gasteiger partial charge is 0.385 e. The molecule has 86 valence electrons. The van der Waals surface area contributed by atoms with Crippen LogP contribution < -0.4 is 5.73 Å². The van der Waals surface area contributed by atoms with Crippen molar-refractivity contribution in [2.45, 2.75) is 37.3 Å². The van der Waals surface area contributed by atoms with Crippen molar-refractivity contribution < 1.29 is 9.50 Å². The summed E-state index contributed by atoms with van der Waals surface area (Å²) < 4.78 is 12.8. The summed E-state index contributed by atoms with van der Waals surface area (Å²) in [4.78, 5) is 0. The fraction of sp³-hybridized carbons (Fsp3) is 0.538. The van der Waals surface area contributed by atoms with Gasteiger partial charge in [-0.2, -0.15) is 0 Å². The lowest BCUT2D eigenvalue weighted by Crippen LogP contribution is -2.59. The summed E-state index contributed by atoms with van der Waals surface area (Å²) in [5.74, 6) is -0.257. The molecule has 3 heteroatoms. The van der Waals surface area contributed by atoms with E-state index in [1.165, 1.54) is 12.1 Å². The Morgan fingerprint density at radius 2 is 1.75 bits per heavy atom. The molecule has 2 aliphatic rings. The Labute approximate surface area is 94.3 Å². The van der Waals surface area contributed by atoms with Crippen LogP contribution in [0, 0.1) is 11.2 Å². The zero-order chi connectivity index (χ0) is 11.4. The van der Waals surface area contributed by atoms with Gasteiger partial charge in [0.15, 0.2) is 0 Å². The number of aliphatic hydroxyl groups is 1. The molecule has 2 nitrogen and oxygen atoms in total. The summed E-state index contributed by atoms with van der Waals surface area (Å²) in [5, 5.41) is 10.4. The summed E-state index contributed by atoms with van der Waals surface area (Å²) in [6, 6.07) is 6.50. The Balaban J connectivity index is 1.75. The van der Waals surface area contributed by atoms with Crippen LogP contribution in [0.15, 0.2) is 24.3 Å². The van der Waals surface area contributed by atoms with Crippen LogP contribution in [0.3, 0.4) is 0 Å². The quantitative estimate of drug-likeness (QED) is 0.761. The molecule has 2 saturated carbocycles. The normalized spacial score (nSPS) is 41.6. The van der Waals surface area contributed by atoms with E-state index in [2.05, 4.69) is 0 Å². The minimum Gasteiger partial charge on any atom is -0.385 e. The van der Waals surface area contributed by atoms with E-state index in [0.29, 0.717) is 6.04 Å². The Kier molecular flexibility index (Phi) is 1.95. The van der Waals surface area contributed by atoms with Crippen molar-refractivity contribution in [1.29, 1.82) is 0 Å². The summed E-state index contributed by atoms with van der Waals surface area (Å²) in [6.45, 7) is 0. The van der Waals surface area contributed by atoms with Crippen molar-refractivity contribution in [3.8, 4) is 0 Å². The van der Waals surface area contributed by atoms with Crippen LogP contribution in [-0.2, 0) is 5.60 Å². The van der Waals surface area contributed by atoms with Gasteiger partial charge in [-0.1, -0.05) is 12.1 Å². The first-order chi connectivity index (χ1) is 7.51. The van der Waals surface area contributed by atoms with E-state index in [-0.39, 0.29) is 11.2 Å². The number of hydrogen-bond acceptors (Lipinski definition) is 2. The van der Waals surface area contributed by atoms with Crippen molar-refractivity contribution >= 4 is 0 Å². The highest BCUT2D eigenvalue weighted by molar-refractivity contribution is 5.29. The van der Waals surface area contributed by atoms with Crippen molar-refractivity contribution in [2.24, 2.45) is 11.1 Å². The molecule has 0 aromatic heterocycles. The average molecular weight is 221 g/mol. The average Bonchev–Trinajstić information content (AvgIpc) is 2.14. The third kappa shape index (κ3) is 1.39. The minimum absolute atomic E-state index is 0.257. The minimum atomic E-state index is -0.742. The summed E-state index contributed by atoms with van der Waals surface area (Å²) >= 11 is 0. The maximum absolute atomic E-state index is 12.8. The van der Waals surface area contributed by atoms with Gasteiger partial charge in [0.25, 0.3) is 0 Å². The van der Waals surface area contributed by atoms with Crippen LogP contribution >= 0.6 is 0 Å². The Hall–Kier alpha value is -0.930. The van der Waals surface area contributed by atoms with Crippen LogP contribution in [0.1, 0.15) is 31.2 Å². The lowest BCUT2D eigenvalue weighted by Gasteiger charge is -2.61. The molecule has 16 heavy (non-hydrogen) atoms. The highest BCUT2D eigenvalue weighted by Crippen LogP contribution is 2.63. The monoisotopic (exact) mass is 221 g/mol. The molecule has 1 aromatic rings. The number of hydrogen-bond donors (Lipinski definition) is 2. The molecule has 0 saturated heterocycles. The second-order valence-electron chi connectivity index (χ2n) is 5.56. The molecule has 2 fully saturated rings. The molecule has 0 heterocycles. The van der Waals surface area contributed by atoms with E-state index < -0.39 is 5.60 Å². The maximum Gasteiger partial charge on any atom is 0.123 e. The number of benzene rings is 1. The Bertz CT molecular complexity index is 400. The van der Waals surface area contributed by atoms with Crippen LogP contribution in [0.5, 0.6) is 0 Å². The molecule has 0 aliphatic heterocycles. The second-order valence-corrected chi connectivity index (χ2v) is 5.56. The van der Waals surface area contributed by atoms with E-state index in [0.717, 1.165) is 31.2 Å². The van der Waals surface area contributed by atoms with Gasteiger partial charge in [0.05, 0.1) is 5.60 Å². The van der Waals surface area contributed by atoms with E-state index in [1.807, 2.05) is 0 Å². The van der Waals surface area contributed by atoms with Crippen molar-refractivity contribution in [1.82, 2.24) is 0 Å². The number of halogens is 1. The van der Waals surface area contributed by atoms with Gasteiger partial charge in [-0.05, 0) is 48.8 Å². The van der Waals surface area contributed by atoms with Gasteiger partial charge in [0, 0.05) is 6.04 Å². The van der Waals surface area contributed by atoms with Gasteiger partial charge in [0.2, 0.25) is 0 Å². The molecule has 3 N–H and O–H groups in total. The van der Waals surface area contributed by atoms with Gasteiger partial charge < -0.3 is 10.8 Å². The second kappa shape index (κ2) is 3.05. The molecule has 0 amide bonds. The maximum atomic E-state index is 12.8. The first kappa shape index (κ1) is 10.2. The van der Waals surface area contributed by atoms with Gasteiger partial charge in [0.1, 0.15) is 5.82 Å². The van der Waals surface area contributed by atoms with Gasteiger partial charge in [-0.15, -0.1) is 0 Å². The van der Waals surface area contributed by atoms with E-state index >= 15 is 0 Å². The first-order valence-electron chi connectivity index (χ1n) is 5.76. The molecule has 0 radical (unpaired) electrons. The van der Waals surface area contributed by atoms with E-state index in [1.54, 1.807) is 12.1 Å². The standard InChI is InChI=1S/C13H16FNO/c14-10-3-1-9(2-4-10)13(16)7-12(8-13)5-11(15)6-12/h1-4,11,16H,5-8,15H2. The molecular formula is C13H16FNO. The molecule has 1 spiro atoms. The third-order valence-corrected chi connectivity index (χ3v) is 4.11. The number of rotatable bonds is 1.